The van der Waals surface area contributed by atoms with Gasteiger partial charge in [-0.15, -0.1) is 23.4 Å². The zero-order valence-corrected chi connectivity index (χ0v) is 49.8. The van der Waals surface area contributed by atoms with Crippen LogP contribution in [-0.4, -0.2) is 132 Å². The molecule has 2 aliphatic rings. The summed E-state index contributed by atoms with van der Waals surface area (Å²) in [5, 5.41) is 47.6. The number of aromatic nitrogens is 8. The lowest BCUT2D eigenvalue weighted by molar-refractivity contribution is -0.389. The largest absolute Gasteiger partial charge is 0.573 e. The minimum Gasteiger partial charge on any atom is -0.481 e. The number of aryl methyl sites for hydroxylation is 1. The standard InChI is InChI=1S/C32H31BrN2O2.C17H15FN6O3.C14H12F3N3O5/c1-35(2)19-18-32(36,28-15-9-13-22-10-7-8-14-26(22)28)30(23-11-5-4-6-12-23)27-21-24-20-25(33)16-17-29(24)34-31(27)37-3;1-23-21-16(20-22-23)15-5-2-10(7-19-15)13-4-3-11(6-14(13)18)24-8-12(9-25)27-17(24)26;15-14(16,17)25-10-3-1-9(2-4-10)7-23-11-5-19-6-12(20(21)22)18-13(19)24-8-11/h4-17,20-21,30,36H,18-19H2,1-3H3;2-7,12,25H,8-9H2,1H3;1-4,6,11H,5,7-8H2/t30-,32-;12-;11-/m110/s1. The molecule has 4 atom stereocenters. The molecule has 0 aliphatic carbocycles. The van der Waals surface area contributed by atoms with E-state index in [0.29, 0.717) is 59.3 Å². The number of anilines is 1. The first-order valence-electron chi connectivity index (χ1n) is 27.7. The van der Waals surface area contributed by atoms with Gasteiger partial charge in [0.15, 0.2) is 0 Å². The fourth-order valence-corrected chi connectivity index (χ4v) is 10.8. The van der Waals surface area contributed by atoms with E-state index in [1.165, 1.54) is 57.0 Å². The number of rotatable bonds is 17. The number of ether oxygens (including phenoxy) is 5. The number of pyridine rings is 2. The quantitative estimate of drug-likeness (QED) is 0.0489. The first-order valence-corrected chi connectivity index (χ1v) is 28.5. The average molecular weight is 1290 g/mol. The van der Waals surface area contributed by atoms with Gasteiger partial charge in [-0.3, -0.25) is 14.5 Å². The van der Waals surface area contributed by atoms with Crippen molar-refractivity contribution in [3.63, 3.8) is 0 Å². The van der Waals surface area contributed by atoms with Crippen LogP contribution in [0, 0.1) is 15.9 Å². The molecule has 1 fully saturated rings. The number of imidazole rings is 1. The normalized spacial score (nSPS) is 15.6. The van der Waals surface area contributed by atoms with Gasteiger partial charge in [0.05, 0.1) is 51.7 Å². The minimum absolute atomic E-state index is 0.145. The highest BCUT2D eigenvalue weighted by Crippen LogP contribution is 2.49. The number of fused-ring (bicyclic) bond motifs is 3. The highest BCUT2D eigenvalue weighted by molar-refractivity contribution is 9.10. The Morgan fingerprint density at radius 1 is 0.899 bits per heavy atom. The third kappa shape index (κ3) is 14.9. The highest BCUT2D eigenvalue weighted by atomic mass is 79.9. The number of nitrogens with zero attached hydrogens (tertiary/aromatic N) is 11. The van der Waals surface area contributed by atoms with Gasteiger partial charge in [-0.25, -0.2) is 14.2 Å². The van der Waals surface area contributed by atoms with Gasteiger partial charge < -0.3 is 48.9 Å². The molecule has 26 heteroatoms. The Morgan fingerprint density at radius 3 is 2.34 bits per heavy atom. The van der Waals surface area contributed by atoms with Crippen LogP contribution in [0.25, 0.3) is 44.3 Å². The number of methoxy groups -OCH3 is 1. The molecular weight excluding hydrogens is 1230 g/mol. The number of carbonyl (C=O) groups is 1. The van der Waals surface area contributed by atoms with Gasteiger partial charge in [0.2, 0.25) is 11.7 Å². The maximum absolute atomic E-state index is 14.6. The Hall–Kier alpha value is -9.47. The van der Waals surface area contributed by atoms with Crippen molar-refractivity contribution < 1.29 is 61.2 Å². The van der Waals surface area contributed by atoms with E-state index in [9.17, 15) is 37.6 Å². The van der Waals surface area contributed by atoms with Crippen LogP contribution in [0.1, 0.15) is 34.6 Å². The predicted octanol–water partition coefficient (Wildman–Crippen LogP) is 11.2. The first-order chi connectivity index (χ1) is 42.7. The number of hydrogen-bond acceptors (Lipinski definition) is 17. The van der Waals surface area contributed by atoms with E-state index in [2.05, 4.69) is 99.5 Å². The average Bonchev–Trinajstić information content (AvgIpc) is 1.41. The number of aliphatic hydroxyl groups excluding tert-OH is 1. The number of amides is 1. The van der Waals surface area contributed by atoms with Gasteiger partial charge in [0, 0.05) is 50.2 Å². The number of nitro groups is 1. The Balaban J connectivity index is 0.000000151. The van der Waals surface area contributed by atoms with E-state index in [0.717, 1.165) is 42.8 Å². The van der Waals surface area contributed by atoms with Gasteiger partial charge in [0.25, 0.3) is 0 Å². The van der Waals surface area contributed by atoms with Gasteiger partial charge in [-0.05, 0) is 119 Å². The molecule has 1 amide bonds. The van der Waals surface area contributed by atoms with Crippen LogP contribution in [-0.2, 0) is 35.3 Å². The summed E-state index contributed by atoms with van der Waals surface area (Å²) in [6.45, 7) is 1.25. The molecule has 21 nitrogen and oxygen atoms in total. The molecule has 6 heterocycles. The second-order valence-corrected chi connectivity index (χ2v) is 21.9. The van der Waals surface area contributed by atoms with E-state index in [1.807, 2.05) is 62.6 Å². The van der Waals surface area contributed by atoms with Crippen molar-refractivity contribution in [2.45, 2.75) is 49.7 Å². The van der Waals surface area contributed by atoms with Gasteiger partial charge in [0.1, 0.15) is 47.9 Å². The summed E-state index contributed by atoms with van der Waals surface area (Å²) >= 11 is 3.60. The molecule has 0 unspecified atom stereocenters. The van der Waals surface area contributed by atoms with E-state index >= 15 is 0 Å². The summed E-state index contributed by atoms with van der Waals surface area (Å²) in [5.74, 6) is -0.647. The Labute approximate surface area is 514 Å². The number of tetrazole rings is 1. The van der Waals surface area contributed by atoms with Crippen LogP contribution in [0.4, 0.5) is 33.9 Å². The summed E-state index contributed by atoms with van der Waals surface area (Å²) in [6, 6.07) is 46.1. The molecule has 0 radical (unpaired) electrons. The van der Waals surface area contributed by atoms with E-state index in [1.54, 1.807) is 38.4 Å². The lowest BCUT2D eigenvalue weighted by Gasteiger charge is -2.39. The van der Waals surface area contributed by atoms with E-state index in [-0.39, 0.29) is 50.0 Å². The molecule has 1 saturated heterocycles. The summed E-state index contributed by atoms with van der Waals surface area (Å²) in [5.41, 5.74) is 4.82. The van der Waals surface area contributed by atoms with Crippen molar-refractivity contribution in [3.8, 4) is 40.3 Å². The molecule has 89 heavy (non-hydrogen) atoms. The van der Waals surface area contributed by atoms with Crippen LogP contribution < -0.4 is 19.1 Å². The predicted molar refractivity (Wildman–Crippen MR) is 323 cm³/mol. The molecule has 10 aromatic rings. The number of hydrogen-bond donors (Lipinski definition) is 2. The summed E-state index contributed by atoms with van der Waals surface area (Å²) in [7, 11) is 7.38. The smallest absolute Gasteiger partial charge is 0.481 e. The molecule has 2 aliphatic heterocycles. The van der Waals surface area contributed by atoms with Crippen LogP contribution in [0.3, 0.4) is 0 Å². The number of alkyl halides is 3. The van der Waals surface area contributed by atoms with Crippen LogP contribution >= 0.6 is 15.9 Å². The second-order valence-electron chi connectivity index (χ2n) is 21.0. The van der Waals surface area contributed by atoms with Gasteiger partial charge in [-0.2, -0.15) is 4.80 Å². The Kier molecular flexibility index (Phi) is 19.2. The lowest BCUT2D eigenvalue weighted by atomic mass is 9.70. The van der Waals surface area contributed by atoms with Crippen LogP contribution in [0.15, 0.2) is 169 Å². The number of carbonyl (C=O) groups excluding carboxylic acids is 1. The molecule has 2 N–H and O–H groups in total. The monoisotopic (exact) mass is 1280 g/mol. The maximum Gasteiger partial charge on any atom is 0.573 e. The zero-order chi connectivity index (χ0) is 63.0. The van der Waals surface area contributed by atoms with Crippen molar-refractivity contribution in [3.05, 3.63) is 207 Å². The fraction of sp³-hybridized carbons (Fsp3) is 0.254. The van der Waals surface area contributed by atoms with Crippen LogP contribution in [0.5, 0.6) is 17.6 Å². The Bertz CT molecular complexity index is 4100. The molecule has 0 saturated carbocycles. The molecule has 6 aromatic carbocycles. The highest BCUT2D eigenvalue weighted by Gasteiger charge is 2.43. The van der Waals surface area contributed by atoms with Crippen molar-refractivity contribution in [2.24, 2.45) is 7.05 Å². The molecular formula is C63H58BrF4N11O10. The third-order valence-corrected chi connectivity index (χ3v) is 15.1. The summed E-state index contributed by atoms with van der Waals surface area (Å²) < 4.78 is 79.0. The first kappa shape index (κ1) is 62.6. The minimum atomic E-state index is -4.73. The number of benzene rings is 6. The molecule has 460 valence electrons. The molecule has 0 bridgehead atoms. The van der Waals surface area contributed by atoms with Crippen molar-refractivity contribution in [2.75, 3.05) is 52.4 Å². The number of cyclic esters (lactones) is 1. The van der Waals surface area contributed by atoms with Crippen LogP contribution in [0.2, 0.25) is 0 Å². The zero-order valence-electron chi connectivity index (χ0n) is 48.2. The summed E-state index contributed by atoms with van der Waals surface area (Å²) in [6.07, 6.45) is -3.01. The van der Waals surface area contributed by atoms with Gasteiger partial charge >= 0.3 is 24.3 Å². The number of halogens is 5. The SMILES string of the molecule is COc1nc2ccc(Br)cc2cc1[C@@H](c1ccccc1)[C@@](O)(CCN(C)C)c1cccc2ccccc12.Cn1nnc(-c2ccc(-c3ccc(N4C[C@H](CO)OC4=O)cc3F)cn2)n1.O=[N+]([O-])c1cn2c(n1)OC[C@@H](OCc1ccc(OC(F)(F)F)cc1)C2. The lowest BCUT2D eigenvalue weighted by Crippen LogP contribution is -2.38. The second kappa shape index (κ2) is 27.3. The van der Waals surface area contributed by atoms with E-state index < -0.39 is 40.8 Å². The van der Waals surface area contributed by atoms with Crippen molar-refractivity contribution >= 4 is 55.2 Å². The van der Waals surface area contributed by atoms with Crippen molar-refractivity contribution in [1.29, 1.82) is 0 Å². The maximum atomic E-state index is 14.6. The molecule has 4 aromatic heterocycles. The molecule has 12 rings (SSSR count). The molecule has 0 spiro atoms. The topological polar surface area (TPSA) is 240 Å². The number of aliphatic hydroxyl groups is 2. The fourth-order valence-electron chi connectivity index (χ4n) is 10.4. The van der Waals surface area contributed by atoms with Crippen molar-refractivity contribution in [1.82, 2.24) is 44.6 Å². The van der Waals surface area contributed by atoms with E-state index in [4.69, 9.17) is 29.0 Å². The third-order valence-electron chi connectivity index (χ3n) is 14.6. The Morgan fingerprint density at radius 2 is 1.66 bits per heavy atom. The summed E-state index contributed by atoms with van der Waals surface area (Å²) in [4.78, 5) is 39.5. The van der Waals surface area contributed by atoms with Gasteiger partial charge in [-0.1, -0.05) is 107 Å².